The predicted molar refractivity (Wildman–Crippen MR) is 99.0 cm³/mol. The molecule has 2 aliphatic rings. The first-order valence-corrected chi connectivity index (χ1v) is 9.41. The van der Waals surface area contributed by atoms with Crippen molar-refractivity contribution in [2.24, 2.45) is 0 Å². The van der Waals surface area contributed by atoms with E-state index in [0.717, 1.165) is 17.5 Å². The number of rotatable bonds is 3. The van der Waals surface area contributed by atoms with Gasteiger partial charge in [-0.25, -0.2) is 4.39 Å². The smallest absolute Gasteiger partial charge is 0.274 e. The topological polar surface area (TPSA) is 73.7 Å². The van der Waals surface area contributed by atoms with Gasteiger partial charge in [0.25, 0.3) is 11.5 Å². The second-order valence-corrected chi connectivity index (χ2v) is 7.26. The van der Waals surface area contributed by atoms with Gasteiger partial charge in [0.2, 0.25) is 0 Å². The summed E-state index contributed by atoms with van der Waals surface area (Å²) in [5.41, 5.74) is -0.304. The van der Waals surface area contributed by atoms with Gasteiger partial charge in [0.1, 0.15) is 17.1 Å². The molecule has 28 heavy (non-hydrogen) atoms. The van der Waals surface area contributed by atoms with E-state index in [-0.39, 0.29) is 17.7 Å². The second kappa shape index (κ2) is 7.44. The van der Waals surface area contributed by atoms with Crippen LogP contribution in [0.4, 0.5) is 4.39 Å². The van der Waals surface area contributed by atoms with Gasteiger partial charge < -0.3 is 14.4 Å². The van der Waals surface area contributed by atoms with E-state index in [1.54, 1.807) is 4.90 Å². The van der Waals surface area contributed by atoms with Crippen LogP contribution < -0.4 is 5.56 Å². The molecule has 0 unspecified atom stereocenters. The monoisotopic (exact) mass is 387 g/mol. The number of amides is 1. The summed E-state index contributed by atoms with van der Waals surface area (Å²) in [6.45, 7) is 4.01. The molecule has 1 aromatic heterocycles. The summed E-state index contributed by atoms with van der Waals surface area (Å²) in [6.07, 6.45) is 1.46. The molecule has 2 saturated heterocycles. The van der Waals surface area contributed by atoms with E-state index in [9.17, 15) is 14.0 Å². The first kappa shape index (κ1) is 18.8. The van der Waals surface area contributed by atoms with E-state index in [2.05, 4.69) is 5.10 Å². The Kier molecular flexibility index (Phi) is 4.99. The zero-order valence-corrected chi connectivity index (χ0v) is 15.6. The van der Waals surface area contributed by atoms with Crippen molar-refractivity contribution in [3.05, 3.63) is 58.3 Å². The molecule has 8 heteroatoms. The van der Waals surface area contributed by atoms with Crippen molar-refractivity contribution in [1.29, 1.82) is 0 Å². The average Bonchev–Trinajstić information content (AvgIpc) is 3.15. The van der Waals surface area contributed by atoms with Gasteiger partial charge in [-0.2, -0.15) is 9.78 Å². The second-order valence-electron chi connectivity index (χ2n) is 7.26. The van der Waals surface area contributed by atoms with Crippen LogP contribution in [0.1, 0.15) is 30.3 Å². The molecule has 2 fully saturated rings. The molecular weight excluding hydrogens is 365 g/mol. The highest BCUT2D eigenvalue weighted by atomic mass is 19.1. The molecule has 0 N–H and O–H groups in total. The summed E-state index contributed by atoms with van der Waals surface area (Å²) in [5, 5.41) is 4.23. The molecule has 2 aromatic rings. The van der Waals surface area contributed by atoms with E-state index >= 15 is 0 Å². The van der Waals surface area contributed by atoms with Crippen LogP contribution in [0.15, 0.2) is 41.2 Å². The number of hydrogen-bond acceptors (Lipinski definition) is 5. The Morgan fingerprint density at radius 3 is 2.75 bits per heavy atom. The Labute approximate surface area is 161 Å². The van der Waals surface area contributed by atoms with Gasteiger partial charge in [0.05, 0.1) is 24.9 Å². The lowest BCUT2D eigenvalue weighted by Crippen LogP contribution is -2.57. The molecule has 148 valence electrons. The van der Waals surface area contributed by atoms with E-state index < -0.39 is 17.0 Å². The van der Waals surface area contributed by atoms with Gasteiger partial charge in [-0.05, 0) is 36.8 Å². The summed E-state index contributed by atoms with van der Waals surface area (Å²) in [5.74, 6) is -0.670. The van der Waals surface area contributed by atoms with Crippen LogP contribution in [-0.2, 0) is 9.47 Å². The average molecular weight is 387 g/mol. The number of carbonyl (C=O) groups is 1. The summed E-state index contributed by atoms with van der Waals surface area (Å²) >= 11 is 0. The fraction of sp³-hybridized carbons (Fsp3) is 0.450. The minimum absolute atomic E-state index is 0.0672. The van der Waals surface area contributed by atoms with Crippen LogP contribution in [0.25, 0.3) is 5.69 Å². The molecule has 0 aliphatic carbocycles. The van der Waals surface area contributed by atoms with Crippen molar-refractivity contribution in [2.75, 3.05) is 26.3 Å². The van der Waals surface area contributed by atoms with Crippen LogP contribution in [0, 0.1) is 5.82 Å². The molecule has 7 nitrogen and oxygen atoms in total. The Morgan fingerprint density at radius 1 is 1.29 bits per heavy atom. The highest BCUT2D eigenvalue weighted by molar-refractivity contribution is 5.92. The van der Waals surface area contributed by atoms with Crippen molar-refractivity contribution in [2.45, 2.75) is 31.5 Å². The molecule has 0 saturated carbocycles. The van der Waals surface area contributed by atoms with Crippen molar-refractivity contribution >= 4 is 5.91 Å². The van der Waals surface area contributed by atoms with Gasteiger partial charge in [-0.3, -0.25) is 9.59 Å². The van der Waals surface area contributed by atoms with Gasteiger partial charge in [0, 0.05) is 25.6 Å². The summed E-state index contributed by atoms with van der Waals surface area (Å²) in [6, 6.07) is 8.12. The number of aromatic nitrogens is 2. The molecule has 3 heterocycles. The quantitative estimate of drug-likeness (QED) is 0.803. The molecule has 0 radical (unpaired) electrons. The lowest BCUT2D eigenvalue weighted by molar-refractivity contribution is -0.145. The highest BCUT2D eigenvalue weighted by Gasteiger charge is 2.45. The molecular formula is C20H22FN3O4. The zero-order chi connectivity index (χ0) is 19.7. The van der Waals surface area contributed by atoms with Crippen molar-refractivity contribution in [1.82, 2.24) is 14.7 Å². The van der Waals surface area contributed by atoms with Crippen LogP contribution in [0.3, 0.4) is 0 Å². The maximum atomic E-state index is 13.2. The van der Waals surface area contributed by atoms with Crippen LogP contribution in [0.2, 0.25) is 0 Å². The van der Waals surface area contributed by atoms with Gasteiger partial charge in [-0.1, -0.05) is 6.92 Å². The van der Waals surface area contributed by atoms with Crippen LogP contribution in [-0.4, -0.2) is 58.6 Å². The summed E-state index contributed by atoms with van der Waals surface area (Å²) in [7, 11) is 0. The summed E-state index contributed by atoms with van der Waals surface area (Å²) < 4.78 is 26.0. The summed E-state index contributed by atoms with van der Waals surface area (Å²) in [4.78, 5) is 27.1. The third-order valence-corrected chi connectivity index (χ3v) is 5.22. The van der Waals surface area contributed by atoms with E-state index in [0.29, 0.717) is 32.0 Å². The van der Waals surface area contributed by atoms with Gasteiger partial charge in [0.15, 0.2) is 0 Å². The number of carbonyl (C=O) groups excluding carboxylic acids is 1. The first-order valence-electron chi connectivity index (χ1n) is 9.41. The molecule has 2 atom stereocenters. The maximum Gasteiger partial charge on any atom is 0.274 e. The molecule has 4 rings (SSSR count). The number of halogens is 1. The van der Waals surface area contributed by atoms with E-state index in [4.69, 9.17) is 9.47 Å². The first-order chi connectivity index (χ1) is 13.5. The Hall–Kier alpha value is -2.58. The largest absolute Gasteiger partial charge is 0.378 e. The third-order valence-electron chi connectivity index (χ3n) is 5.22. The zero-order valence-electron chi connectivity index (χ0n) is 15.6. The van der Waals surface area contributed by atoms with Crippen LogP contribution >= 0.6 is 0 Å². The number of morpholine rings is 1. The Bertz CT molecular complexity index is 922. The number of ether oxygens (including phenoxy) is 2. The van der Waals surface area contributed by atoms with E-state index in [1.165, 1.54) is 36.4 Å². The fourth-order valence-electron chi connectivity index (χ4n) is 3.71. The van der Waals surface area contributed by atoms with Crippen molar-refractivity contribution in [3.8, 4) is 5.69 Å². The van der Waals surface area contributed by atoms with Crippen molar-refractivity contribution in [3.63, 3.8) is 0 Å². The molecule has 2 aliphatic heterocycles. The highest BCUT2D eigenvalue weighted by Crippen LogP contribution is 2.31. The lowest BCUT2D eigenvalue weighted by atomic mass is 9.98. The van der Waals surface area contributed by atoms with Crippen molar-refractivity contribution < 1.29 is 18.7 Å². The lowest BCUT2D eigenvalue weighted by Gasteiger charge is -2.43. The van der Waals surface area contributed by atoms with Gasteiger partial charge >= 0.3 is 0 Å². The molecule has 1 spiro atoms. The Balaban J connectivity index is 1.63. The predicted octanol–water partition coefficient (Wildman–Crippen LogP) is 1.78. The van der Waals surface area contributed by atoms with Crippen LogP contribution in [0.5, 0.6) is 0 Å². The minimum Gasteiger partial charge on any atom is -0.378 e. The number of hydrogen-bond donors (Lipinski definition) is 0. The standard InChI is InChI=1S/C20H22FN3O4/c1-2-16-11-23(12-20(28-16)9-10-27-13-20)19(26)17-7-8-18(25)24(22-17)15-5-3-14(21)4-6-15/h3-8,16H,2,9-13H2,1H3/t16-,20-/m1/s1. The maximum absolute atomic E-state index is 13.2. The molecule has 1 amide bonds. The molecule has 1 aromatic carbocycles. The van der Waals surface area contributed by atoms with Gasteiger partial charge in [-0.15, -0.1) is 0 Å². The molecule has 0 bridgehead atoms. The third kappa shape index (κ3) is 3.57. The van der Waals surface area contributed by atoms with E-state index in [1.807, 2.05) is 6.92 Å². The minimum atomic E-state index is -0.472. The SMILES string of the molecule is CC[C@@H]1CN(C(=O)c2ccc(=O)n(-c3ccc(F)cc3)n2)C[C@@]2(CCOC2)O1. The normalized spacial score (nSPS) is 24.6. The fourth-order valence-corrected chi connectivity index (χ4v) is 3.71. The number of nitrogens with zero attached hydrogens (tertiary/aromatic N) is 3. The number of benzene rings is 1. The Morgan fingerprint density at radius 2 is 2.07 bits per heavy atom.